The number of aryl methyl sites for hydroxylation is 1. The van der Waals surface area contributed by atoms with E-state index >= 15 is 0 Å². The molecule has 4 aromatic rings. The summed E-state index contributed by atoms with van der Waals surface area (Å²) in [6.45, 7) is 1.86. The molecule has 30 heavy (non-hydrogen) atoms. The average molecular weight is 439 g/mol. The van der Waals surface area contributed by atoms with Crippen LogP contribution in [-0.4, -0.2) is 25.9 Å². The number of nitrogens with one attached hydrogen (secondary N) is 1. The Balaban J connectivity index is 1.51. The number of hydrogen-bond acceptors (Lipinski definition) is 7. The fourth-order valence-corrected chi connectivity index (χ4v) is 3.78. The minimum absolute atomic E-state index is 0.0218. The Morgan fingerprint density at radius 1 is 1.23 bits per heavy atom. The first-order valence-electron chi connectivity index (χ1n) is 8.83. The Morgan fingerprint density at radius 3 is 2.80 bits per heavy atom. The van der Waals surface area contributed by atoms with Crippen LogP contribution in [0.5, 0.6) is 0 Å². The van der Waals surface area contributed by atoms with Gasteiger partial charge in [0.1, 0.15) is 5.15 Å². The van der Waals surface area contributed by atoms with Gasteiger partial charge < -0.3 is 0 Å². The topological polar surface area (TPSA) is 98.2 Å². The van der Waals surface area contributed by atoms with Crippen molar-refractivity contribution in [2.24, 2.45) is 5.10 Å². The maximum Gasteiger partial charge on any atom is 0.270 e. The van der Waals surface area contributed by atoms with Gasteiger partial charge in [0.15, 0.2) is 0 Å². The monoisotopic (exact) mass is 438 g/mol. The highest BCUT2D eigenvalue weighted by Crippen LogP contribution is 2.27. The van der Waals surface area contributed by atoms with Crippen LogP contribution < -0.4 is 5.43 Å². The fourth-order valence-electron chi connectivity index (χ4n) is 2.79. The summed E-state index contributed by atoms with van der Waals surface area (Å²) in [6.07, 6.45) is 1.60. The van der Waals surface area contributed by atoms with Gasteiger partial charge in [0, 0.05) is 23.1 Å². The zero-order valence-corrected chi connectivity index (χ0v) is 17.3. The minimum Gasteiger partial charge on any atom is -0.258 e. The van der Waals surface area contributed by atoms with E-state index in [0.717, 1.165) is 11.4 Å². The molecule has 10 heteroatoms. The molecular formula is C20H15ClN6O2S. The van der Waals surface area contributed by atoms with Gasteiger partial charge >= 0.3 is 0 Å². The third-order valence-electron chi connectivity index (χ3n) is 4.26. The molecular weight excluding hydrogens is 424 g/mol. The van der Waals surface area contributed by atoms with Crippen LogP contribution in [0.3, 0.4) is 0 Å². The molecule has 8 nitrogen and oxygen atoms in total. The van der Waals surface area contributed by atoms with Crippen molar-refractivity contribution in [1.82, 2.24) is 14.8 Å². The standard InChI is InChI=1S/C20H15ClN6O2S/c1-13-17(19(21)26(25-13)15-7-3-2-4-8-15)11-22-24-20-23-18(12-30-20)14-6-5-9-16(10-14)27(28)29/h2-12H,1H3,(H,23,24)/b22-11+. The number of rotatable bonds is 6. The van der Waals surface area contributed by atoms with Crippen molar-refractivity contribution in [3.8, 4) is 16.9 Å². The predicted molar refractivity (Wildman–Crippen MR) is 119 cm³/mol. The second-order valence-electron chi connectivity index (χ2n) is 6.25. The largest absolute Gasteiger partial charge is 0.270 e. The number of benzene rings is 2. The summed E-state index contributed by atoms with van der Waals surface area (Å²) >= 11 is 7.83. The summed E-state index contributed by atoms with van der Waals surface area (Å²) in [5.74, 6) is 0. The highest BCUT2D eigenvalue weighted by atomic mass is 35.5. The zero-order valence-electron chi connectivity index (χ0n) is 15.7. The zero-order chi connectivity index (χ0) is 21.1. The van der Waals surface area contributed by atoms with Gasteiger partial charge in [0.05, 0.1) is 33.8 Å². The number of anilines is 1. The lowest BCUT2D eigenvalue weighted by Gasteiger charge is -2.01. The lowest BCUT2D eigenvalue weighted by Crippen LogP contribution is -1.96. The SMILES string of the molecule is Cc1nn(-c2ccccc2)c(Cl)c1/C=N/Nc1nc(-c2cccc([N+](=O)[O-])c2)cs1. The Labute approximate surface area is 180 Å². The molecule has 0 amide bonds. The van der Waals surface area contributed by atoms with Crippen LogP contribution in [0.25, 0.3) is 16.9 Å². The third-order valence-corrected chi connectivity index (χ3v) is 5.37. The molecule has 0 aliphatic carbocycles. The van der Waals surface area contributed by atoms with E-state index in [2.05, 4.69) is 20.6 Å². The van der Waals surface area contributed by atoms with Crippen molar-refractivity contribution in [2.75, 3.05) is 5.43 Å². The first kappa shape index (κ1) is 19.7. The maximum atomic E-state index is 11.0. The van der Waals surface area contributed by atoms with E-state index in [0.29, 0.717) is 27.1 Å². The van der Waals surface area contributed by atoms with Crippen LogP contribution in [0.1, 0.15) is 11.3 Å². The predicted octanol–water partition coefficient (Wildman–Crippen LogP) is 5.31. The van der Waals surface area contributed by atoms with Crippen LogP contribution >= 0.6 is 22.9 Å². The maximum absolute atomic E-state index is 11.0. The molecule has 2 heterocycles. The van der Waals surface area contributed by atoms with Crippen molar-refractivity contribution >= 4 is 40.0 Å². The molecule has 1 N–H and O–H groups in total. The highest BCUT2D eigenvalue weighted by molar-refractivity contribution is 7.14. The molecule has 2 aromatic carbocycles. The first-order valence-corrected chi connectivity index (χ1v) is 10.1. The summed E-state index contributed by atoms with van der Waals surface area (Å²) in [5, 5.41) is 22.5. The van der Waals surface area contributed by atoms with Crippen molar-refractivity contribution in [1.29, 1.82) is 0 Å². The Morgan fingerprint density at radius 2 is 2.03 bits per heavy atom. The van der Waals surface area contributed by atoms with Crippen molar-refractivity contribution in [3.05, 3.63) is 86.5 Å². The molecule has 0 saturated heterocycles. The lowest BCUT2D eigenvalue weighted by molar-refractivity contribution is -0.384. The molecule has 4 rings (SSSR count). The van der Waals surface area contributed by atoms with Gasteiger partial charge in [-0.25, -0.2) is 9.67 Å². The summed E-state index contributed by atoms with van der Waals surface area (Å²) < 4.78 is 1.65. The number of hydrogen-bond donors (Lipinski definition) is 1. The van der Waals surface area contributed by atoms with Gasteiger partial charge in [-0.2, -0.15) is 10.2 Å². The second kappa shape index (κ2) is 8.44. The number of para-hydroxylation sites is 1. The number of nitrogens with zero attached hydrogens (tertiary/aromatic N) is 5. The molecule has 0 bridgehead atoms. The molecule has 0 spiro atoms. The lowest BCUT2D eigenvalue weighted by atomic mass is 10.1. The molecule has 0 radical (unpaired) electrons. The third kappa shape index (κ3) is 4.07. The van der Waals surface area contributed by atoms with Crippen molar-refractivity contribution in [2.45, 2.75) is 6.92 Å². The van der Waals surface area contributed by atoms with Crippen LogP contribution in [0.4, 0.5) is 10.8 Å². The summed E-state index contributed by atoms with van der Waals surface area (Å²) in [4.78, 5) is 14.9. The van der Waals surface area contributed by atoms with Gasteiger partial charge in [0.2, 0.25) is 5.13 Å². The summed E-state index contributed by atoms with van der Waals surface area (Å²) in [7, 11) is 0. The smallest absolute Gasteiger partial charge is 0.258 e. The van der Waals surface area contributed by atoms with Crippen molar-refractivity contribution in [3.63, 3.8) is 0 Å². The highest BCUT2D eigenvalue weighted by Gasteiger charge is 2.13. The summed E-state index contributed by atoms with van der Waals surface area (Å²) in [6, 6.07) is 15.9. The molecule has 2 aromatic heterocycles. The van der Waals surface area contributed by atoms with Gasteiger partial charge in [-0.3, -0.25) is 15.5 Å². The molecule has 0 saturated carbocycles. The average Bonchev–Trinajstić information content (AvgIpc) is 3.34. The van der Waals surface area contributed by atoms with E-state index in [1.807, 2.05) is 42.6 Å². The minimum atomic E-state index is -0.430. The second-order valence-corrected chi connectivity index (χ2v) is 7.47. The van der Waals surface area contributed by atoms with Crippen LogP contribution in [0.15, 0.2) is 65.1 Å². The molecule has 0 aliphatic heterocycles. The summed E-state index contributed by atoms with van der Waals surface area (Å²) in [5.41, 5.74) is 6.49. The van der Waals surface area contributed by atoms with Gasteiger partial charge in [-0.15, -0.1) is 11.3 Å². The number of hydrazone groups is 1. The number of nitro groups is 1. The molecule has 0 unspecified atom stereocenters. The number of non-ortho nitro benzene ring substituents is 1. The molecule has 0 atom stereocenters. The van der Waals surface area contributed by atoms with Gasteiger partial charge in [0.25, 0.3) is 5.69 Å². The van der Waals surface area contributed by atoms with Crippen LogP contribution in [0, 0.1) is 17.0 Å². The van der Waals surface area contributed by atoms with E-state index in [1.54, 1.807) is 23.0 Å². The Kier molecular flexibility index (Phi) is 5.55. The number of halogens is 1. The number of thiazole rings is 1. The van der Waals surface area contributed by atoms with E-state index in [-0.39, 0.29) is 5.69 Å². The van der Waals surface area contributed by atoms with Gasteiger partial charge in [-0.1, -0.05) is 41.9 Å². The van der Waals surface area contributed by atoms with Crippen LogP contribution in [-0.2, 0) is 0 Å². The quantitative estimate of drug-likeness (QED) is 0.250. The van der Waals surface area contributed by atoms with E-state index in [9.17, 15) is 10.1 Å². The molecule has 0 fully saturated rings. The van der Waals surface area contributed by atoms with E-state index in [4.69, 9.17) is 11.6 Å². The Hall–Kier alpha value is -3.56. The molecule has 150 valence electrons. The normalized spacial score (nSPS) is 11.1. The van der Waals surface area contributed by atoms with Crippen LogP contribution in [0.2, 0.25) is 5.15 Å². The van der Waals surface area contributed by atoms with E-state index < -0.39 is 4.92 Å². The van der Waals surface area contributed by atoms with Crippen molar-refractivity contribution < 1.29 is 4.92 Å². The van der Waals surface area contributed by atoms with Gasteiger partial charge in [-0.05, 0) is 19.1 Å². The number of aromatic nitrogens is 3. The van der Waals surface area contributed by atoms with E-state index in [1.165, 1.54) is 23.5 Å². The molecule has 0 aliphatic rings. The number of nitro benzene ring substituents is 1. The Bertz CT molecular complexity index is 1240. The fraction of sp³-hybridized carbons (Fsp3) is 0.0500. The first-order chi connectivity index (χ1) is 14.5.